The van der Waals surface area contributed by atoms with Gasteiger partial charge in [0.2, 0.25) is 0 Å². The van der Waals surface area contributed by atoms with Gasteiger partial charge in [0.05, 0.1) is 5.69 Å². The molecule has 0 aliphatic carbocycles. The summed E-state index contributed by atoms with van der Waals surface area (Å²) in [6, 6.07) is 6.33. The lowest BCUT2D eigenvalue weighted by molar-refractivity contribution is 0.949. The van der Waals surface area contributed by atoms with E-state index < -0.39 is 0 Å². The number of halogens is 2. The molecular weight excluding hydrogens is 294 g/mol. The third-order valence-electron chi connectivity index (χ3n) is 2.35. The summed E-state index contributed by atoms with van der Waals surface area (Å²) in [6.45, 7) is 2.38. The van der Waals surface area contributed by atoms with E-state index in [0.717, 1.165) is 4.47 Å². The zero-order chi connectivity index (χ0) is 9.26. The molecule has 1 aliphatic rings. The number of hydrogen-bond donors (Lipinski definition) is 0. The van der Waals surface area contributed by atoms with Crippen molar-refractivity contribution in [3.8, 4) is 0 Å². The summed E-state index contributed by atoms with van der Waals surface area (Å²) in [4.78, 5) is 2.43. The maximum Gasteiger partial charge on any atom is 0.0521 e. The van der Waals surface area contributed by atoms with Gasteiger partial charge in [-0.3, -0.25) is 0 Å². The largest absolute Gasteiger partial charge is 0.371 e. The Morgan fingerprint density at radius 1 is 1.08 bits per heavy atom. The molecular formula is C10H11Br2N. The van der Waals surface area contributed by atoms with Crippen LogP contribution in [-0.4, -0.2) is 13.1 Å². The van der Waals surface area contributed by atoms with Crippen LogP contribution in [0.5, 0.6) is 0 Å². The second-order valence-corrected chi connectivity index (χ2v) is 5.06. The Hall–Kier alpha value is -0.0200. The van der Waals surface area contributed by atoms with Crippen molar-refractivity contribution in [1.82, 2.24) is 0 Å². The highest BCUT2D eigenvalue weighted by Crippen LogP contribution is 2.31. The van der Waals surface area contributed by atoms with Gasteiger partial charge in [-0.1, -0.05) is 15.9 Å². The van der Waals surface area contributed by atoms with Crippen LogP contribution in [0.15, 0.2) is 27.1 Å². The SMILES string of the molecule is Brc1ccc(Br)c(N2CCCC2)c1. The summed E-state index contributed by atoms with van der Waals surface area (Å²) in [7, 11) is 0. The molecule has 1 aromatic carbocycles. The monoisotopic (exact) mass is 303 g/mol. The smallest absolute Gasteiger partial charge is 0.0521 e. The molecule has 0 radical (unpaired) electrons. The fraction of sp³-hybridized carbons (Fsp3) is 0.400. The van der Waals surface area contributed by atoms with Gasteiger partial charge >= 0.3 is 0 Å². The van der Waals surface area contributed by atoms with Gasteiger partial charge in [-0.15, -0.1) is 0 Å². The second kappa shape index (κ2) is 4.01. The molecule has 0 amide bonds. The van der Waals surface area contributed by atoms with Gasteiger partial charge in [0.1, 0.15) is 0 Å². The van der Waals surface area contributed by atoms with Crippen molar-refractivity contribution in [2.24, 2.45) is 0 Å². The zero-order valence-electron chi connectivity index (χ0n) is 7.26. The molecule has 70 valence electrons. The van der Waals surface area contributed by atoms with Crippen molar-refractivity contribution in [2.45, 2.75) is 12.8 Å². The molecule has 3 heteroatoms. The molecule has 0 spiro atoms. The standard InChI is InChI=1S/C10H11Br2N/c11-8-3-4-9(12)10(7-8)13-5-1-2-6-13/h3-4,7H,1-2,5-6H2. The number of nitrogens with zero attached hydrogens (tertiary/aromatic N) is 1. The van der Waals surface area contributed by atoms with Gasteiger partial charge in [0.15, 0.2) is 0 Å². The summed E-state index contributed by atoms with van der Waals surface area (Å²) in [5.41, 5.74) is 1.31. The van der Waals surface area contributed by atoms with Crippen molar-refractivity contribution in [3.05, 3.63) is 27.1 Å². The lowest BCUT2D eigenvalue weighted by Crippen LogP contribution is -2.17. The summed E-state index contributed by atoms with van der Waals surface area (Å²) in [6.07, 6.45) is 2.64. The Morgan fingerprint density at radius 2 is 1.77 bits per heavy atom. The van der Waals surface area contributed by atoms with Gasteiger partial charge in [-0.2, -0.15) is 0 Å². The fourth-order valence-electron chi connectivity index (χ4n) is 1.69. The Kier molecular flexibility index (Phi) is 2.94. The zero-order valence-corrected chi connectivity index (χ0v) is 10.4. The number of benzene rings is 1. The van der Waals surface area contributed by atoms with E-state index in [-0.39, 0.29) is 0 Å². The maximum absolute atomic E-state index is 3.58. The maximum atomic E-state index is 3.58. The van der Waals surface area contributed by atoms with Gasteiger partial charge in [-0.05, 0) is 47.0 Å². The summed E-state index contributed by atoms with van der Waals surface area (Å²) < 4.78 is 2.34. The van der Waals surface area contributed by atoms with Crippen LogP contribution >= 0.6 is 31.9 Å². The molecule has 1 nitrogen and oxygen atoms in total. The number of anilines is 1. The third kappa shape index (κ3) is 2.08. The van der Waals surface area contributed by atoms with Gasteiger partial charge in [0, 0.05) is 22.0 Å². The Bertz CT molecular complexity index is 306. The molecule has 1 aromatic rings. The van der Waals surface area contributed by atoms with Crippen LogP contribution in [0.3, 0.4) is 0 Å². The molecule has 0 atom stereocenters. The molecule has 2 rings (SSSR count). The number of hydrogen-bond acceptors (Lipinski definition) is 1. The topological polar surface area (TPSA) is 3.24 Å². The quantitative estimate of drug-likeness (QED) is 0.762. The highest BCUT2D eigenvalue weighted by Gasteiger charge is 2.14. The molecule has 1 fully saturated rings. The van der Waals surface area contributed by atoms with Crippen LogP contribution in [-0.2, 0) is 0 Å². The lowest BCUT2D eigenvalue weighted by atomic mass is 10.3. The highest BCUT2D eigenvalue weighted by molar-refractivity contribution is 9.11. The number of rotatable bonds is 1. The van der Waals surface area contributed by atoms with Crippen LogP contribution in [0, 0.1) is 0 Å². The van der Waals surface area contributed by atoms with E-state index in [2.05, 4.69) is 55.0 Å². The molecule has 0 unspecified atom stereocenters. The normalized spacial score (nSPS) is 16.6. The first-order valence-corrected chi connectivity index (χ1v) is 6.06. The Balaban J connectivity index is 2.32. The fourth-order valence-corrected chi connectivity index (χ4v) is 2.53. The third-order valence-corrected chi connectivity index (χ3v) is 3.52. The van der Waals surface area contributed by atoms with Crippen LogP contribution < -0.4 is 4.90 Å². The van der Waals surface area contributed by atoms with Crippen molar-refractivity contribution < 1.29 is 0 Å². The van der Waals surface area contributed by atoms with Gasteiger partial charge in [0.25, 0.3) is 0 Å². The first-order chi connectivity index (χ1) is 6.27. The molecule has 0 aromatic heterocycles. The van der Waals surface area contributed by atoms with E-state index >= 15 is 0 Å². The summed E-state index contributed by atoms with van der Waals surface area (Å²) in [5, 5.41) is 0. The summed E-state index contributed by atoms with van der Waals surface area (Å²) >= 11 is 7.07. The average Bonchev–Trinajstić information content (AvgIpc) is 2.61. The predicted molar refractivity (Wildman–Crippen MR) is 63.3 cm³/mol. The van der Waals surface area contributed by atoms with Crippen LogP contribution in [0.25, 0.3) is 0 Å². The van der Waals surface area contributed by atoms with Crippen molar-refractivity contribution in [2.75, 3.05) is 18.0 Å². The Morgan fingerprint density at radius 3 is 2.46 bits per heavy atom. The van der Waals surface area contributed by atoms with E-state index in [1.807, 2.05) is 0 Å². The molecule has 1 heterocycles. The van der Waals surface area contributed by atoms with Crippen molar-refractivity contribution in [3.63, 3.8) is 0 Å². The minimum absolute atomic E-state index is 1.15. The van der Waals surface area contributed by atoms with Crippen LogP contribution in [0.1, 0.15) is 12.8 Å². The van der Waals surface area contributed by atoms with E-state index in [1.54, 1.807) is 0 Å². The molecule has 0 N–H and O–H groups in total. The minimum atomic E-state index is 1.15. The van der Waals surface area contributed by atoms with Crippen LogP contribution in [0.2, 0.25) is 0 Å². The van der Waals surface area contributed by atoms with E-state index in [9.17, 15) is 0 Å². The van der Waals surface area contributed by atoms with Crippen molar-refractivity contribution >= 4 is 37.5 Å². The molecule has 13 heavy (non-hydrogen) atoms. The summed E-state index contributed by atoms with van der Waals surface area (Å²) in [5.74, 6) is 0. The Labute approximate surface area is 95.4 Å². The van der Waals surface area contributed by atoms with E-state index in [4.69, 9.17) is 0 Å². The molecule has 0 saturated carbocycles. The van der Waals surface area contributed by atoms with Gasteiger partial charge < -0.3 is 4.90 Å². The molecule has 0 bridgehead atoms. The second-order valence-electron chi connectivity index (χ2n) is 3.29. The van der Waals surface area contributed by atoms with E-state index in [0.29, 0.717) is 0 Å². The molecule has 1 aliphatic heterocycles. The molecule has 1 saturated heterocycles. The average molecular weight is 305 g/mol. The predicted octanol–water partition coefficient (Wildman–Crippen LogP) is 3.81. The van der Waals surface area contributed by atoms with Crippen molar-refractivity contribution in [1.29, 1.82) is 0 Å². The minimum Gasteiger partial charge on any atom is -0.371 e. The first-order valence-electron chi connectivity index (χ1n) is 4.47. The lowest BCUT2D eigenvalue weighted by Gasteiger charge is -2.19. The first kappa shape index (κ1) is 9.53. The van der Waals surface area contributed by atoms with E-state index in [1.165, 1.54) is 36.1 Å². The highest BCUT2D eigenvalue weighted by atomic mass is 79.9. The van der Waals surface area contributed by atoms with Gasteiger partial charge in [-0.25, -0.2) is 0 Å². The van der Waals surface area contributed by atoms with Crippen LogP contribution in [0.4, 0.5) is 5.69 Å².